The van der Waals surface area contributed by atoms with Crippen molar-refractivity contribution in [2.24, 2.45) is 0 Å². The molecule has 0 bridgehead atoms. The van der Waals surface area contributed by atoms with Crippen molar-refractivity contribution in [3.8, 4) is 0 Å². The Balaban J connectivity index is 1.88. The lowest BCUT2D eigenvalue weighted by Gasteiger charge is -2.23. The standard InChI is InChI=1S/C23H26ClN3O/c1-4-12-26(13-5-2)19-9-7-18(8-10-19)14-20(24)21-15-23(28)27-16-17(3)6-11-22(27)25-21/h6-11,14-16H,4-5,12-13H2,1-3H3/b20-14-. The zero-order chi connectivity index (χ0) is 20.1. The molecule has 146 valence electrons. The van der Waals surface area contributed by atoms with Gasteiger partial charge >= 0.3 is 0 Å². The average molecular weight is 396 g/mol. The van der Waals surface area contributed by atoms with Crippen molar-refractivity contribution in [3.63, 3.8) is 0 Å². The predicted octanol–water partition coefficient (Wildman–Crippen LogP) is 5.37. The summed E-state index contributed by atoms with van der Waals surface area (Å²) in [7, 11) is 0. The first kappa shape index (κ1) is 20.2. The van der Waals surface area contributed by atoms with Crippen molar-refractivity contribution < 1.29 is 0 Å². The number of aryl methyl sites for hydroxylation is 1. The topological polar surface area (TPSA) is 37.6 Å². The largest absolute Gasteiger partial charge is 0.372 e. The van der Waals surface area contributed by atoms with Crippen molar-refractivity contribution in [2.75, 3.05) is 18.0 Å². The molecule has 3 rings (SSSR count). The molecule has 0 spiro atoms. The lowest BCUT2D eigenvalue weighted by Crippen LogP contribution is -2.24. The number of fused-ring (bicyclic) bond motifs is 1. The van der Waals surface area contributed by atoms with Crippen LogP contribution >= 0.6 is 11.6 Å². The van der Waals surface area contributed by atoms with E-state index in [0.717, 1.165) is 37.1 Å². The van der Waals surface area contributed by atoms with Crippen LogP contribution in [0.5, 0.6) is 0 Å². The summed E-state index contributed by atoms with van der Waals surface area (Å²) in [5, 5.41) is 0.451. The molecule has 0 aliphatic carbocycles. The quantitative estimate of drug-likeness (QED) is 0.540. The van der Waals surface area contributed by atoms with E-state index in [4.69, 9.17) is 11.6 Å². The minimum absolute atomic E-state index is 0.139. The smallest absolute Gasteiger partial charge is 0.258 e. The molecule has 2 aromatic heterocycles. The summed E-state index contributed by atoms with van der Waals surface area (Å²) < 4.78 is 1.54. The Morgan fingerprint density at radius 2 is 1.79 bits per heavy atom. The molecule has 0 amide bonds. The van der Waals surface area contributed by atoms with E-state index in [0.29, 0.717) is 16.4 Å². The van der Waals surface area contributed by atoms with Gasteiger partial charge in [0.05, 0.1) is 10.7 Å². The van der Waals surface area contributed by atoms with Crippen molar-refractivity contribution >= 4 is 34.0 Å². The Labute approximate surface area is 171 Å². The second-order valence-electron chi connectivity index (χ2n) is 6.99. The van der Waals surface area contributed by atoms with E-state index >= 15 is 0 Å². The van der Waals surface area contributed by atoms with E-state index in [9.17, 15) is 4.79 Å². The second-order valence-corrected chi connectivity index (χ2v) is 7.39. The molecular formula is C23H26ClN3O. The van der Waals surface area contributed by atoms with E-state index in [2.05, 4.69) is 35.9 Å². The second kappa shape index (κ2) is 9.07. The van der Waals surface area contributed by atoms with Gasteiger partial charge in [0.15, 0.2) is 0 Å². The zero-order valence-corrected chi connectivity index (χ0v) is 17.4. The number of halogens is 1. The first-order valence-corrected chi connectivity index (χ1v) is 10.1. The van der Waals surface area contributed by atoms with Crippen LogP contribution in [0, 0.1) is 6.92 Å². The fourth-order valence-corrected chi connectivity index (χ4v) is 3.47. The Morgan fingerprint density at radius 1 is 1.11 bits per heavy atom. The number of anilines is 1. The van der Waals surface area contributed by atoms with Gasteiger partial charge in [-0.15, -0.1) is 0 Å². The minimum atomic E-state index is -0.139. The van der Waals surface area contributed by atoms with Gasteiger partial charge in [-0.2, -0.15) is 0 Å². The summed E-state index contributed by atoms with van der Waals surface area (Å²) in [6, 6.07) is 13.6. The monoisotopic (exact) mass is 395 g/mol. The van der Waals surface area contributed by atoms with E-state index in [1.54, 1.807) is 6.20 Å². The van der Waals surface area contributed by atoms with Crippen LogP contribution in [0.1, 0.15) is 43.5 Å². The maximum absolute atomic E-state index is 12.4. The lowest BCUT2D eigenvalue weighted by molar-refractivity contribution is 0.745. The summed E-state index contributed by atoms with van der Waals surface area (Å²) in [6.07, 6.45) is 5.87. The molecule has 0 N–H and O–H groups in total. The molecule has 5 heteroatoms. The van der Waals surface area contributed by atoms with Gasteiger partial charge < -0.3 is 4.90 Å². The Kier molecular flexibility index (Phi) is 6.53. The van der Waals surface area contributed by atoms with E-state index in [1.165, 1.54) is 16.2 Å². The van der Waals surface area contributed by atoms with E-state index < -0.39 is 0 Å². The van der Waals surface area contributed by atoms with Gasteiger partial charge in [0.2, 0.25) is 0 Å². The molecule has 28 heavy (non-hydrogen) atoms. The minimum Gasteiger partial charge on any atom is -0.372 e. The van der Waals surface area contributed by atoms with Gasteiger partial charge in [-0.05, 0) is 55.2 Å². The molecule has 0 fully saturated rings. The Bertz CT molecular complexity index is 1030. The van der Waals surface area contributed by atoms with Crippen LogP contribution in [0.3, 0.4) is 0 Å². The van der Waals surface area contributed by atoms with Crippen LogP contribution in [0.2, 0.25) is 0 Å². The van der Waals surface area contributed by atoms with Gasteiger partial charge in [0.1, 0.15) is 5.65 Å². The summed E-state index contributed by atoms with van der Waals surface area (Å²) in [4.78, 5) is 19.3. The number of nitrogens with zero attached hydrogens (tertiary/aromatic N) is 3. The van der Waals surface area contributed by atoms with Crippen molar-refractivity contribution in [1.29, 1.82) is 0 Å². The highest BCUT2D eigenvalue weighted by atomic mass is 35.5. The highest BCUT2D eigenvalue weighted by Gasteiger charge is 2.07. The zero-order valence-electron chi connectivity index (χ0n) is 16.7. The summed E-state index contributed by atoms with van der Waals surface area (Å²) >= 11 is 6.49. The highest BCUT2D eigenvalue weighted by molar-refractivity contribution is 6.51. The summed E-state index contributed by atoms with van der Waals surface area (Å²) in [5.74, 6) is 0. The van der Waals surface area contributed by atoms with Gasteiger partial charge in [0, 0.05) is 31.0 Å². The van der Waals surface area contributed by atoms with E-state index in [1.807, 2.05) is 37.3 Å². The fraction of sp³-hybridized carbons (Fsp3) is 0.304. The Morgan fingerprint density at radius 3 is 2.43 bits per heavy atom. The van der Waals surface area contributed by atoms with Crippen molar-refractivity contribution in [1.82, 2.24) is 9.38 Å². The third-order valence-corrected chi connectivity index (χ3v) is 4.89. The van der Waals surface area contributed by atoms with Gasteiger partial charge in [-0.25, -0.2) is 4.98 Å². The average Bonchev–Trinajstić information content (AvgIpc) is 2.69. The number of pyridine rings is 1. The molecule has 0 saturated carbocycles. The first-order valence-electron chi connectivity index (χ1n) is 9.74. The maximum Gasteiger partial charge on any atom is 0.258 e. The number of benzene rings is 1. The normalized spacial score (nSPS) is 11.8. The molecule has 3 aromatic rings. The Hall–Kier alpha value is -2.59. The molecule has 1 aromatic carbocycles. The molecule has 0 atom stereocenters. The molecule has 4 nitrogen and oxygen atoms in total. The third-order valence-electron chi connectivity index (χ3n) is 4.59. The summed E-state index contributed by atoms with van der Waals surface area (Å²) in [5.41, 5.74) is 4.14. The first-order chi connectivity index (χ1) is 13.5. The van der Waals surface area contributed by atoms with Crippen LogP contribution in [0.15, 0.2) is 53.5 Å². The van der Waals surface area contributed by atoms with Gasteiger partial charge in [0.25, 0.3) is 5.56 Å². The molecular weight excluding hydrogens is 370 g/mol. The van der Waals surface area contributed by atoms with Gasteiger partial charge in [-0.1, -0.05) is 43.6 Å². The molecule has 0 aliphatic rings. The number of rotatable bonds is 7. The third kappa shape index (κ3) is 4.63. The molecule has 2 heterocycles. The summed E-state index contributed by atoms with van der Waals surface area (Å²) in [6.45, 7) is 8.43. The van der Waals surface area contributed by atoms with Crippen molar-refractivity contribution in [2.45, 2.75) is 33.6 Å². The number of aromatic nitrogens is 2. The number of hydrogen-bond donors (Lipinski definition) is 0. The molecule has 0 saturated heterocycles. The van der Waals surface area contributed by atoms with Crippen molar-refractivity contribution in [3.05, 3.63) is 75.8 Å². The lowest BCUT2D eigenvalue weighted by atomic mass is 10.1. The fourth-order valence-electron chi connectivity index (χ4n) is 3.24. The molecule has 0 aliphatic heterocycles. The van der Waals surface area contributed by atoms with Crippen LogP contribution in [0.4, 0.5) is 5.69 Å². The predicted molar refractivity (Wildman–Crippen MR) is 119 cm³/mol. The van der Waals surface area contributed by atoms with Crippen LogP contribution in [-0.4, -0.2) is 22.5 Å². The van der Waals surface area contributed by atoms with Crippen LogP contribution < -0.4 is 10.5 Å². The molecule has 0 unspecified atom stereocenters. The van der Waals surface area contributed by atoms with Crippen LogP contribution in [-0.2, 0) is 0 Å². The van der Waals surface area contributed by atoms with E-state index in [-0.39, 0.29) is 5.56 Å². The van der Waals surface area contributed by atoms with Crippen LogP contribution in [0.25, 0.3) is 16.8 Å². The number of hydrogen-bond acceptors (Lipinski definition) is 3. The SMILES string of the molecule is CCCN(CCC)c1ccc(/C=C(\Cl)c2cc(=O)n3cc(C)ccc3n2)cc1. The van der Waals surface area contributed by atoms with Gasteiger partial charge in [-0.3, -0.25) is 9.20 Å². The maximum atomic E-state index is 12.4. The highest BCUT2D eigenvalue weighted by Crippen LogP contribution is 2.22. The molecule has 0 radical (unpaired) electrons.